The standard InChI is InChI=1S/C14H8N2O4/c17-12-10-3-1-2-4-11(10)13(18)16(12)20-14(19)9-5-7-15-8-6-9/h1-8H. The minimum atomic E-state index is -0.790. The largest absolute Gasteiger partial charge is 0.364 e. The first-order valence-corrected chi connectivity index (χ1v) is 5.78. The van der Waals surface area contributed by atoms with Crippen LogP contribution in [0.2, 0.25) is 0 Å². The van der Waals surface area contributed by atoms with Crippen LogP contribution in [0.4, 0.5) is 0 Å². The molecule has 0 N–H and O–H groups in total. The van der Waals surface area contributed by atoms with Gasteiger partial charge in [-0.2, -0.15) is 0 Å². The number of amides is 2. The number of pyridine rings is 1. The number of hydroxylamine groups is 2. The second-order valence-corrected chi connectivity index (χ2v) is 4.06. The van der Waals surface area contributed by atoms with E-state index >= 15 is 0 Å². The summed E-state index contributed by atoms with van der Waals surface area (Å²) >= 11 is 0. The molecule has 0 saturated carbocycles. The van der Waals surface area contributed by atoms with Crippen molar-refractivity contribution in [2.24, 2.45) is 0 Å². The van der Waals surface area contributed by atoms with E-state index in [2.05, 4.69) is 4.98 Å². The summed E-state index contributed by atoms with van der Waals surface area (Å²) in [4.78, 5) is 44.5. The molecule has 0 unspecified atom stereocenters. The molecule has 0 bridgehead atoms. The highest BCUT2D eigenvalue weighted by Crippen LogP contribution is 2.23. The van der Waals surface area contributed by atoms with Gasteiger partial charge in [0.25, 0.3) is 11.8 Å². The zero-order chi connectivity index (χ0) is 14.1. The Hall–Kier alpha value is -3.02. The van der Waals surface area contributed by atoms with E-state index in [0.717, 1.165) is 0 Å². The molecule has 6 nitrogen and oxygen atoms in total. The van der Waals surface area contributed by atoms with Crippen LogP contribution >= 0.6 is 0 Å². The van der Waals surface area contributed by atoms with Crippen molar-refractivity contribution < 1.29 is 19.2 Å². The topological polar surface area (TPSA) is 76.6 Å². The van der Waals surface area contributed by atoms with E-state index in [-0.39, 0.29) is 16.7 Å². The van der Waals surface area contributed by atoms with Gasteiger partial charge in [-0.25, -0.2) is 4.79 Å². The van der Waals surface area contributed by atoms with Gasteiger partial charge in [-0.15, -0.1) is 0 Å². The number of benzene rings is 1. The average Bonchev–Trinajstić information content (AvgIpc) is 2.74. The molecule has 20 heavy (non-hydrogen) atoms. The number of nitrogens with zero attached hydrogens (tertiary/aromatic N) is 2. The van der Waals surface area contributed by atoms with Crippen molar-refractivity contribution in [3.05, 3.63) is 65.5 Å². The number of hydrogen-bond acceptors (Lipinski definition) is 5. The third kappa shape index (κ3) is 1.83. The van der Waals surface area contributed by atoms with Gasteiger partial charge >= 0.3 is 5.97 Å². The number of carbonyl (C=O) groups is 3. The molecule has 2 heterocycles. The van der Waals surface area contributed by atoms with Gasteiger partial charge in [-0.05, 0) is 24.3 Å². The molecule has 3 rings (SSSR count). The Morgan fingerprint density at radius 3 is 2.05 bits per heavy atom. The Morgan fingerprint density at radius 1 is 0.950 bits per heavy atom. The van der Waals surface area contributed by atoms with Gasteiger partial charge in [0.05, 0.1) is 16.7 Å². The fraction of sp³-hybridized carbons (Fsp3) is 0. The number of imide groups is 1. The highest BCUT2D eigenvalue weighted by atomic mass is 16.7. The van der Waals surface area contributed by atoms with Crippen LogP contribution in [0, 0.1) is 0 Å². The van der Waals surface area contributed by atoms with Crippen molar-refractivity contribution in [2.75, 3.05) is 0 Å². The van der Waals surface area contributed by atoms with Gasteiger partial charge in [-0.3, -0.25) is 14.6 Å². The van der Waals surface area contributed by atoms with Crippen LogP contribution in [0.5, 0.6) is 0 Å². The molecule has 0 aliphatic carbocycles. The Labute approximate surface area is 113 Å². The van der Waals surface area contributed by atoms with Crippen LogP contribution in [0.15, 0.2) is 48.8 Å². The second kappa shape index (κ2) is 4.58. The smallest absolute Gasteiger partial charge is 0.324 e. The predicted molar refractivity (Wildman–Crippen MR) is 66.6 cm³/mol. The summed E-state index contributed by atoms with van der Waals surface area (Å²) in [5.74, 6) is -2.08. The second-order valence-electron chi connectivity index (χ2n) is 4.06. The lowest BCUT2D eigenvalue weighted by Crippen LogP contribution is -2.32. The monoisotopic (exact) mass is 268 g/mol. The maximum Gasteiger partial charge on any atom is 0.364 e. The van der Waals surface area contributed by atoms with Gasteiger partial charge in [0.15, 0.2) is 0 Å². The van der Waals surface area contributed by atoms with Gasteiger partial charge in [0.1, 0.15) is 0 Å². The van der Waals surface area contributed by atoms with Crippen LogP contribution in [0.25, 0.3) is 0 Å². The molecule has 0 atom stereocenters. The minimum absolute atomic E-state index is 0.205. The third-order valence-electron chi connectivity index (χ3n) is 2.85. The van der Waals surface area contributed by atoms with E-state index in [1.54, 1.807) is 12.1 Å². The van der Waals surface area contributed by atoms with Crippen LogP contribution in [-0.4, -0.2) is 27.8 Å². The zero-order valence-electron chi connectivity index (χ0n) is 10.1. The summed E-state index contributed by atoms with van der Waals surface area (Å²) < 4.78 is 0. The minimum Gasteiger partial charge on any atom is -0.324 e. The summed E-state index contributed by atoms with van der Waals surface area (Å²) in [5, 5.41) is 0.480. The molecule has 2 aromatic rings. The number of carbonyl (C=O) groups excluding carboxylic acids is 3. The lowest BCUT2D eigenvalue weighted by Gasteiger charge is -2.12. The Bertz CT molecular complexity index is 677. The predicted octanol–water partition coefficient (Wildman–Crippen LogP) is 1.45. The summed E-state index contributed by atoms with van der Waals surface area (Å²) in [7, 11) is 0. The van der Waals surface area contributed by atoms with Gasteiger partial charge in [0.2, 0.25) is 0 Å². The van der Waals surface area contributed by atoms with Crippen LogP contribution in [0.3, 0.4) is 0 Å². The number of rotatable bonds is 2. The van der Waals surface area contributed by atoms with Crippen LogP contribution < -0.4 is 0 Å². The van der Waals surface area contributed by atoms with Crippen LogP contribution in [0.1, 0.15) is 31.1 Å². The van der Waals surface area contributed by atoms with Crippen molar-refractivity contribution in [1.29, 1.82) is 0 Å². The van der Waals surface area contributed by atoms with E-state index in [1.165, 1.54) is 36.7 Å². The highest BCUT2D eigenvalue weighted by Gasteiger charge is 2.38. The first-order valence-electron chi connectivity index (χ1n) is 5.78. The number of aromatic nitrogens is 1. The normalized spacial score (nSPS) is 13.3. The molecule has 0 spiro atoms. The Balaban J connectivity index is 1.86. The molecule has 1 aromatic heterocycles. The molecule has 6 heteroatoms. The van der Waals surface area contributed by atoms with E-state index in [0.29, 0.717) is 5.06 Å². The lowest BCUT2D eigenvalue weighted by atomic mass is 10.1. The van der Waals surface area contributed by atoms with E-state index < -0.39 is 17.8 Å². The summed E-state index contributed by atoms with van der Waals surface area (Å²) in [6.45, 7) is 0. The first kappa shape index (κ1) is 12.0. The summed E-state index contributed by atoms with van der Waals surface area (Å²) in [6.07, 6.45) is 2.83. The zero-order valence-corrected chi connectivity index (χ0v) is 10.1. The molecule has 0 radical (unpaired) electrons. The Morgan fingerprint density at radius 2 is 1.50 bits per heavy atom. The maximum atomic E-state index is 12.0. The molecule has 1 aliphatic rings. The average molecular weight is 268 g/mol. The maximum absolute atomic E-state index is 12.0. The Kier molecular flexibility index (Phi) is 2.76. The molecule has 2 amide bonds. The van der Waals surface area contributed by atoms with Crippen molar-refractivity contribution in [3.63, 3.8) is 0 Å². The van der Waals surface area contributed by atoms with Crippen molar-refractivity contribution in [1.82, 2.24) is 10.0 Å². The highest BCUT2D eigenvalue weighted by molar-refractivity contribution is 6.21. The van der Waals surface area contributed by atoms with Crippen molar-refractivity contribution in [3.8, 4) is 0 Å². The van der Waals surface area contributed by atoms with E-state index in [4.69, 9.17) is 4.84 Å². The molecular formula is C14H8N2O4. The van der Waals surface area contributed by atoms with E-state index in [9.17, 15) is 14.4 Å². The lowest BCUT2D eigenvalue weighted by molar-refractivity contribution is -0.0584. The van der Waals surface area contributed by atoms with E-state index in [1.807, 2.05) is 0 Å². The third-order valence-corrected chi connectivity index (χ3v) is 2.85. The summed E-state index contributed by atoms with van der Waals surface area (Å²) in [6, 6.07) is 9.16. The molecular weight excluding hydrogens is 260 g/mol. The summed E-state index contributed by atoms with van der Waals surface area (Å²) in [5.41, 5.74) is 0.650. The first-order chi connectivity index (χ1) is 9.68. The molecule has 0 fully saturated rings. The fourth-order valence-electron chi connectivity index (χ4n) is 1.87. The van der Waals surface area contributed by atoms with Gasteiger partial charge in [0, 0.05) is 12.4 Å². The van der Waals surface area contributed by atoms with Gasteiger partial charge in [-0.1, -0.05) is 17.2 Å². The molecule has 1 aliphatic heterocycles. The molecule has 1 aromatic carbocycles. The molecule has 98 valence electrons. The van der Waals surface area contributed by atoms with Crippen molar-refractivity contribution in [2.45, 2.75) is 0 Å². The van der Waals surface area contributed by atoms with Gasteiger partial charge < -0.3 is 4.84 Å². The number of fused-ring (bicyclic) bond motifs is 1. The fourth-order valence-corrected chi connectivity index (χ4v) is 1.87. The van der Waals surface area contributed by atoms with Crippen molar-refractivity contribution >= 4 is 17.8 Å². The SMILES string of the molecule is O=C(ON1C(=O)c2ccccc2C1=O)c1ccncc1. The quantitative estimate of drug-likeness (QED) is 0.770. The molecule has 0 saturated heterocycles. The van der Waals surface area contributed by atoms with Crippen LogP contribution in [-0.2, 0) is 4.84 Å². The number of hydrogen-bond donors (Lipinski definition) is 0.